The molecule has 0 saturated heterocycles. The van der Waals surface area contributed by atoms with Gasteiger partial charge in [-0.3, -0.25) is 0 Å². The van der Waals surface area contributed by atoms with Gasteiger partial charge in [-0.05, 0) is 59.1 Å². The average molecular weight is 471 g/mol. The molecule has 0 aliphatic heterocycles. The molecular weight excluding hydrogens is 433 g/mol. The van der Waals surface area contributed by atoms with Crippen LogP contribution in [0.5, 0.6) is 0 Å². The maximum absolute atomic E-state index is 6.08. The SMILES string of the molecule is CCOC(CC[Si]CC)(OCC)SSSC(CC[Si]CC)(OCC)OCC. The standard InChI is InChI=1S/C18H38O4S3Si2/c1-7-19-17(20-8-2,13-15-26-11-5)23-25-24-18(21-9-3,22-10-4)14-16-27-12-6/h7-16H2,1-6H3. The summed E-state index contributed by atoms with van der Waals surface area (Å²) in [4.78, 5) is 0. The third-order valence-corrected chi connectivity index (χ3v) is 10.4. The van der Waals surface area contributed by atoms with E-state index in [0.717, 1.165) is 44.0 Å². The predicted molar refractivity (Wildman–Crippen MR) is 126 cm³/mol. The molecule has 0 aromatic carbocycles. The van der Waals surface area contributed by atoms with Gasteiger partial charge in [-0.25, -0.2) is 0 Å². The van der Waals surface area contributed by atoms with E-state index >= 15 is 0 Å². The molecule has 0 N–H and O–H groups in total. The maximum atomic E-state index is 6.08. The van der Waals surface area contributed by atoms with Crippen molar-refractivity contribution < 1.29 is 18.9 Å². The molecule has 0 heterocycles. The first-order chi connectivity index (χ1) is 13.1. The van der Waals surface area contributed by atoms with Gasteiger partial charge in [0.05, 0.1) is 0 Å². The van der Waals surface area contributed by atoms with E-state index < -0.39 is 10.2 Å². The van der Waals surface area contributed by atoms with Gasteiger partial charge in [-0.15, -0.1) is 0 Å². The Hall–Kier alpha value is 1.32. The van der Waals surface area contributed by atoms with Crippen LogP contribution >= 0.6 is 31.4 Å². The van der Waals surface area contributed by atoms with Gasteiger partial charge >= 0.3 is 0 Å². The smallest absolute Gasteiger partial charge is 0.228 e. The van der Waals surface area contributed by atoms with E-state index in [1.807, 2.05) is 27.7 Å². The molecule has 0 aromatic rings. The molecule has 0 atom stereocenters. The largest absolute Gasteiger partial charge is 0.341 e. The van der Waals surface area contributed by atoms with Gasteiger partial charge in [-0.1, -0.05) is 38.0 Å². The summed E-state index contributed by atoms with van der Waals surface area (Å²) in [5.74, 6) is 0. The summed E-state index contributed by atoms with van der Waals surface area (Å²) in [6.45, 7) is 15.2. The van der Waals surface area contributed by atoms with Crippen LogP contribution in [0.15, 0.2) is 0 Å². The number of rotatable bonds is 20. The topological polar surface area (TPSA) is 36.9 Å². The highest BCUT2D eigenvalue weighted by atomic mass is 33.5. The van der Waals surface area contributed by atoms with Crippen molar-refractivity contribution in [2.45, 2.75) is 88.8 Å². The molecule has 160 valence electrons. The lowest BCUT2D eigenvalue weighted by Crippen LogP contribution is -2.33. The van der Waals surface area contributed by atoms with Gasteiger partial charge < -0.3 is 18.9 Å². The fourth-order valence-corrected chi connectivity index (χ4v) is 9.72. The average Bonchev–Trinajstić information content (AvgIpc) is 2.63. The maximum Gasteiger partial charge on any atom is 0.228 e. The van der Waals surface area contributed by atoms with E-state index in [-0.39, 0.29) is 0 Å². The van der Waals surface area contributed by atoms with Crippen LogP contribution in [0.1, 0.15) is 54.4 Å². The summed E-state index contributed by atoms with van der Waals surface area (Å²) in [5.41, 5.74) is 0. The van der Waals surface area contributed by atoms with Gasteiger partial charge in [0.25, 0.3) is 0 Å². The summed E-state index contributed by atoms with van der Waals surface area (Å²) in [6, 6.07) is 4.70. The molecule has 27 heavy (non-hydrogen) atoms. The zero-order chi connectivity index (χ0) is 20.4. The normalized spacial score (nSPS) is 12.7. The van der Waals surface area contributed by atoms with Crippen LogP contribution in [0, 0.1) is 0 Å². The molecule has 0 fully saturated rings. The van der Waals surface area contributed by atoms with E-state index in [1.165, 1.54) is 12.1 Å². The summed E-state index contributed by atoms with van der Waals surface area (Å²) in [7, 11) is 6.93. The summed E-state index contributed by atoms with van der Waals surface area (Å²) >= 11 is 0. The lowest BCUT2D eigenvalue weighted by atomic mass is 10.4. The molecule has 0 spiro atoms. The first-order valence-electron chi connectivity index (χ1n) is 10.1. The lowest BCUT2D eigenvalue weighted by molar-refractivity contribution is -0.165. The Labute approximate surface area is 184 Å². The summed E-state index contributed by atoms with van der Waals surface area (Å²) in [6.07, 6.45) is 1.82. The number of hydrogen-bond acceptors (Lipinski definition) is 7. The molecular formula is C18H38O4S3Si2. The Morgan fingerprint density at radius 1 is 0.593 bits per heavy atom. The fraction of sp³-hybridized carbons (Fsp3) is 1.00. The highest BCUT2D eigenvalue weighted by Crippen LogP contribution is 2.53. The molecule has 0 aliphatic rings. The van der Waals surface area contributed by atoms with Crippen molar-refractivity contribution in [2.24, 2.45) is 0 Å². The molecule has 0 amide bonds. The van der Waals surface area contributed by atoms with E-state index in [9.17, 15) is 0 Å². The van der Waals surface area contributed by atoms with Crippen molar-refractivity contribution in [2.75, 3.05) is 26.4 Å². The number of hydrogen-bond donors (Lipinski definition) is 0. The first kappa shape index (κ1) is 28.3. The van der Waals surface area contributed by atoms with E-state index in [4.69, 9.17) is 18.9 Å². The van der Waals surface area contributed by atoms with E-state index in [0.29, 0.717) is 26.4 Å². The van der Waals surface area contributed by atoms with Crippen LogP contribution in [0.25, 0.3) is 0 Å². The van der Waals surface area contributed by atoms with Crippen molar-refractivity contribution in [3.8, 4) is 0 Å². The van der Waals surface area contributed by atoms with Crippen molar-refractivity contribution >= 4 is 50.5 Å². The molecule has 0 saturated carbocycles. The molecule has 0 unspecified atom stereocenters. The van der Waals surface area contributed by atoms with Crippen LogP contribution in [0.3, 0.4) is 0 Å². The molecule has 0 rings (SSSR count). The van der Waals surface area contributed by atoms with Crippen molar-refractivity contribution in [1.82, 2.24) is 0 Å². The molecule has 4 nitrogen and oxygen atoms in total. The highest BCUT2D eigenvalue weighted by Gasteiger charge is 2.37. The monoisotopic (exact) mass is 470 g/mol. The van der Waals surface area contributed by atoms with Crippen molar-refractivity contribution in [3.05, 3.63) is 0 Å². The molecule has 4 radical (unpaired) electrons. The van der Waals surface area contributed by atoms with E-state index in [1.54, 1.807) is 31.4 Å². The van der Waals surface area contributed by atoms with Crippen LogP contribution in [0.2, 0.25) is 24.2 Å². The quantitative estimate of drug-likeness (QED) is 0.0885. The molecule has 0 bridgehead atoms. The number of ether oxygens (including phenoxy) is 4. The predicted octanol–water partition coefficient (Wildman–Crippen LogP) is 6.37. The zero-order valence-corrected chi connectivity index (χ0v) is 22.4. The fourth-order valence-electron chi connectivity index (χ4n) is 2.39. The van der Waals surface area contributed by atoms with Gasteiger partial charge in [-0.2, -0.15) is 0 Å². The molecule has 0 aliphatic carbocycles. The lowest BCUT2D eigenvalue weighted by Gasteiger charge is -2.35. The summed E-state index contributed by atoms with van der Waals surface area (Å²) in [5, 5.41) is -1.17. The Kier molecular flexibility index (Phi) is 19.0. The highest BCUT2D eigenvalue weighted by molar-refractivity contribution is 9.09. The Bertz CT molecular complexity index is 300. The third-order valence-electron chi connectivity index (χ3n) is 3.49. The molecule has 0 aromatic heterocycles. The van der Waals surface area contributed by atoms with Crippen LogP contribution in [-0.4, -0.2) is 55.7 Å². The Balaban J connectivity index is 4.97. The Morgan fingerprint density at radius 3 is 1.19 bits per heavy atom. The Morgan fingerprint density at radius 2 is 0.926 bits per heavy atom. The second kappa shape index (κ2) is 18.1. The second-order valence-electron chi connectivity index (χ2n) is 5.54. The summed E-state index contributed by atoms with van der Waals surface area (Å²) < 4.78 is 24.3. The zero-order valence-electron chi connectivity index (χ0n) is 17.9. The third kappa shape index (κ3) is 12.6. The van der Waals surface area contributed by atoms with Crippen LogP contribution in [-0.2, 0) is 18.9 Å². The minimum atomic E-state index is -0.585. The van der Waals surface area contributed by atoms with Gasteiger partial charge in [0, 0.05) is 58.3 Å². The van der Waals surface area contributed by atoms with Crippen molar-refractivity contribution in [1.29, 1.82) is 0 Å². The van der Waals surface area contributed by atoms with Crippen molar-refractivity contribution in [3.63, 3.8) is 0 Å². The van der Waals surface area contributed by atoms with E-state index in [2.05, 4.69) is 13.8 Å². The van der Waals surface area contributed by atoms with Crippen LogP contribution < -0.4 is 0 Å². The molecule has 9 heteroatoms. The van der Waals surface area contributed by atoms with Gasteiger partial charge in [0.2, 0.25) is 10.2 Å². The van der Waals surface area contributed by atoms with Gasteiger partial charge in [0.15, 0.2) is 0 Å². The first-order valence-corrected chi connectivity index (χ1v) is 16.4. The van der Waals surface area contributed by atoms with Gasteiger partial charge in [0.1, 0.15) is 0 Å². The minimum absolute atomic E-state index is 0.585. The van der Waals surface area contributed by atoms with Crippen LogP contribution in [0.4, 0.5) is 0 Å². The minimum Gasteiger partial charge on any atom is -0.341 e. The second-order valence-corrected chi connectivity index (χ2v) is 13.3.